The largest absolute Gasteiger partial charge is 0.480 e. The maximum Gasteiger partial charge on any atom is 0.328 e. The van der Waals surface area contributed by atoms with Gasteiger partial charge >= 0.3 is 5.97 Å². The van der Waals surface area contributed by atoms with Gasteiger partial charge in [0, 0.05) is 13.7 Å². The molecule has 16 heavy (non-hydrogen) atoms. The van der Waals surface area contributed by atoms with E-state index in [4.69, 9.17) is 9.84 Å². The number of piperazine rings is 1. The number of hydrogen-bond donors (Lipinski definition) is 2. The fourth-order valence-corrected chi connectivity index (χ4v) is 1.43. The summed E-state index contributed by atoms with van der Waals surface area (Å²) in [6.07, 6.45) is -0.757. The number of nitrogens with one attached hydrogen (secondary N) is 1. The van der Waals surface area contributed by atoms with Gasteiger partial charge in [0.1, 0.15) is 18.7 Å². The molecule has 1 fully saturated rings. The molecule has 0 spiro atoms. The van der Waals surface area contributed by atoms with Gasteiger partial charge in [0.2, 0.25) is 5.91 Å². The molecule has 1 aliphatic rings. The Balaban J connectivity index is 2.82. The first-order valence-corrected chi connectivity index (χ1v) is 4.80. The van der Waals surface area contributed by atoms with E-state index in [9.17, 15) is 14.4 Å². The van der Waals surface area contributed by atoms with Gasteiger partial charge in [-0.2, -0.15) is 0 Å². The molecule has 1 saturated heterocycles. The molecule has 0 aromatic rings. The Labute approximate surface area is 92.4 Å². The summed E-state index contributed by atoms with van der Waals surface area (Å²) in [6, 6.07) is -1.03. The van der Waals surface area contributed by atoms with Gasteiger partial charge in [-0.1, -0.05) is 0 Å². The van der Waals surface area contributed by atoms with Crippen molar-refractivity contribution in [1.29, 1.82) is 0 Å². The van der Waals surface area contributed by atoms with Crippen molar-refractivity contribution < 1.29 is 24.2 Å². The first-order chi connectivity index (χ1) is 7.47. The number of amides is 2. The number of carbonyl (C=O) groups excluding carboxylic acids is 2. The second kappa shape index (κ2) is 4.93. The van der Waals surface area contributed by atoms with Crippen LogP contribution in [0.2, 0.25) is 0 Å². The van der Waals surface area contributed by atoms with E-state index in [1.54, 1.807) is 0 Å². The molecule has 0 aliphatic carbocycles. The highest BCUT2D eigenvalue weighted by Gasteiger charge is 2.36. The summed E-state index contributed by atoms with van der Waals surface area (Å²) in [5.41, 5.74) is 0. The molecule has 1 aliphatic heterocycles. The van der Waals surface area contributed by atoms with Gasteiger partial charge in [-0.15, -0.1) is 0 Å². The summed E-state index contributed by atoms with van der Waals surface area (Å²) in [7, 11) is 1.35. The molecule has 90 valence electrons. The van der Waals surface area contributed by atoms with Crippen LogP contribution >= 0.6 is 0 Å². The maximum absolute atomic E-state index is 11.7. The number of rotatable bonds is 3. The number of ether oxygens (including phenoxy) is 1. The molecule has 7 nitrogen and oxygen atoms in total. The topological polar surface area (TPSA) is 95.9 Å². The molecule has 7 heteroatoms. The molecule has 2 atom stereocenters. The van der Waals surface area contributed by atoms with E-state index in [0.717, 1.165) is 4.90 Å². The monoisotopic (exact) mass is 230 g/mol. The second-order valence-corrected chi connectivity index (χ2v) is 3.50. The minimum absolute atomic E-state index is 0.0731. The van der Waals surface area contributed by atoms with Crippen molar-refractivity contribution in [2.24, 2.45) is 0 Å². The minimum Gasteiger partial charge on any atom is -0.480 e. The first-order valence-electron chi connectivity index (χ1n) is 4.80. The van der Waals surface area contributed by atoms with Crippen LogP contribution in [0.4, 0.5) is 0 Å². The summed E-state index contributed by atoms with van der Waals surface area (Å²) in [5, 5.41) is 11.3. The molecular weight excluding hydrogens is 216 g/mol. The van der Waals surface area contributed by atoms with E-state index in [0.29, 0.717) is 0 Å². The van der Waals surface area contributed by atoms with Crippen LogP contribution in [0.1, 0.15) is 6.92 Å². The van der Waals surface area contributed by atoms with Crippen molar-refractivity contribution in [1.82, 2.24) is 10.2 Å². The third-order valence-electron chi connectivity index (χ3n) is 2.45. The minimum atomic E-state index is -1.14. The van der Waals surface area contributed by atoms with Crippen molar-refractivity contribution in [3.8, 4) is 0 Å². The van der Waals surface area contributed by atoms with E-state index in [2.05, 4.69) is 5.32 Å². The number of carboxylic acid groups (broad SMARTS) is 1. The zero-order valence-corrected chi connectivity index (χ0v) is 9.10. The third kappa shape index (κ3) is 2.48. The van der Waals surface area contributed by atoms with Crippen molar-refractivity contribution in [3.63, 3.8) is 0 Å². The molecular formula is C9H14N2O5. The van der Waals surface area contributed by atoms with Crippen molar-refractivity contribution in [2.75, 3.05) is 20.2 Å². The maximum atomic E-state index is 11.7. The Morgan fingerprint density at radius 3 is 2.75 bits per heavy atom. The SMILES string of the molecule is COC(C)C(=O)N1CC(=O)NCC1C(=O)O. The van der Waals surface area contributed by atoms with Gasteiger partial charge in [0.15, 0.2) is 0 Å². The Morgan fingerprint density at radius 1 is 1.62 bits per heavy atom. The summed E-state index contributed by atoms with van der Waals surface area (Å²) in [5.74, 6) is -2.00. The van der Waals surface area contributed by atoms with E-state index in [-0.39, 0.29) is 19.0 Å². The second-order valence-electron chi connectivity index (χ2n) is 3.50. The smallest absolute Gasteiger partial charge is 0.328 e. The highest BCUT2D eigenvalue weighted by Crippen LogP contribution is 2.08. The Hall–Kier alpha value is -1.63. The van der Waals surface area contributed by atoms with Crippen LogP contribution in [-0.2, 0) is 19.1 Å². The molecule has 1 rings (SSSR count). The van der Waals surface area contributed by atoms with Crippen molar-refractivity contribution in [2.45, 2.75) is 19.1 Å². The van der Waals surface area contributed by atoms with E-state index in [1.165, 1.54) is 14.0 Å². The lowest BCUT2D eigenvalue weighted by atomic mass is 10.1. The van der Waals surface area contributed by atoms with Gasteiger partial charge in [0.25, 0.3) is 5.91 Å². The van der Waals surface area contributed by atoms with E-state index < -0.39 is 24.0 Å². The van der Waals surface area contributed by atoms with Crippen LogP contribution in [0.25, 0.3) is 0 Å². The number of methoxy groups -OCH3 is 1. The Bertz CT molecular complexity index is 317. The molecule has 0 saturated carbocycles. The predicted octanol–water partition coefficient (Wildman–Crippen LogP) is -1.57. The fourth-order valence-electron chi connectivity index (χ4n) is 1.43. The molecule has 0 radical (unpaired) electrons. The summed E-state index contributed by atoms with van der Waals surface area (Å²) in [6.45, 7) is 1.19. The standard InChI is InChI=1S/C9H14N2O5/c1-5(16-2)8(13)11-4-7(12)10-3-6(11)9(14)15/h5-6H,3-4H2,1-2H3,(H,10,12)(H,14,15). The summed E-state index contributed by atoms with van der Waals surface area (Å²) >= 11 is 0. The number of aliphatic carboxylic acids is 1. The quantitative estimate of drug-likeness (QED) is 0.611. The average Bonchev–Trinajstić information content (AvgIpc) is 2.26. The lowest BCUT2D eigenvalue weighted by molar-refractivity contribution is -0.158. The zero-order chi connectivity index (χ0) is 12.3. The highest BCUT2D eigenvalue weighted by atomic mass is 16.5. The van der Waals surface area contributed by atoms with Crippen LogP contribution in [0, 0.1) is 0 Å². The van der Waals surface area contributed by atoms with Crippen molar-refractivity contribution >= 4 is 17.8 Å². The lowest BCUT2D eigenvalue weighted by Gasteiger charge is -2.33. The van der Waals surface area contributed by atoms with E-state index >= 15 is 0 Å². The number of hydrogen-bond acceptors (Lipinski definition) is 4. The molecule has 2 amide bonds. The molecule has 2 N–H and O–H groups in total. The average molecular weight is 230 g/mol. The zero-order valence-electron chi connectivity index (χ0n) is 9.10. The van der Waals surface area contributed by atoms with Gasteiger partial charge in [-0.25, -0.2) is 4.79 Å². The van der Waals surface area contributed by atoms with E-state index in [1.807, 2.05) is 0 Å². The van der Waals surface area contributed by atoms with Crippen molar-refractivity contribution in [3.05, 3.63) is 0 Å². The molecule has 1 heterocycles. The third-order valence-corrected chi connectivity index (χ3v) is 2.45. The molecule has 2 unspecified atom stereocenters. The van der Waals surface area contributed by atoms with Gasteiger partial charge in [0.05, 0.1) is 0 Å². The normalized spacial score (nSPS) is 22.5. The molecule has 0 aromatic heterocycles. The predicted molar refractivity (Wildman–Crippen MR) is 52.6 cm³/mol. The van der Waals surface area contributed by atoms with Gasteiger partial charge in [-0.05, 0) is 6.92 Å². The summed E-state index contributed by atoms with van der Waals surface area (Å²) < 4.78 is 4.81. The number of carboxylic acids is 1. The van der Waals surface area contributed by atoms with Crippen LogP contribution in [0.3, 0.4) is 0 Å². The van der Waals surface area contributed by atoms with Gasteiger partial charge < -0.3 is 20.1 Å². The molecule has 0 aromatic carbocycles. The first kappa shape index (κ1) is 12.4. The van der Waals surface area contributed by atoms with Crippen LogP contribution in [0.15, 0.2) is 0 Å². The number of carbonyl (C=O) groups is 3. The fraction of sp³-hybridized carbons (Fsp3) is 0.667. The van der Waals surface area contributed by atoms with Crippen LogP contribution in [-0.4, -0.2) is 60.1 Å². The van der Waals surface area contributed by atoms with Crippen LogP contribution in [0.5, 0.6) is 0 Å². The van der Waals surface area contributed by atoms with Gasteiger partial charge in [-0.3, -0.25) is 9.59 Å². The number of nitrogens with zero attached hydrogens (tertiary/aromatic N) is 1. The lowest BCUT2D eigenvalue weighted by Crippen LogP contribution is -2.61. The Kier molecular flexibility index (Phi) is 3.83. The highest BCUT2D eigenvalue weighted by molar-refractivity contribution is 5.92. The van der Waals surface area contributed by atoms with Crippen LogP contribution < -0.4 is 5.32 Å². The molecule has 0 bridgehead atoms. The summed E-state index contributed by atoms with van der Waals surface area (Å²) in [4.78, 5) is 34.8. The Morgan fingerprint density at radius 2 is 2.25 bits per heavy atom.